The number of hydrogen-bond donors (Lipinski definition) is 0. The van der Waals surface area contributed by atoms with E-state index in [0.29, 0.717) is 5.92 Å². The van der Waals surface area contributed by atoms with Gasteiger partial charge in [0.05, 0.1) is 0 Å². The molecule has 13 heavy (non-hydrogen) atoms. The molecule has 0 aromatic carbocycles. The molecule has 2 rings (SSSR count). The average molecular weight is 177 g/mol. The molecule has 1 aliphatic carbocycles. The van der Waals surface area contributed by atoms with E-state index >= 15 is 0 Å². The molecular weight excluding hydrogens is 158 g/mol. The standard InChI is InChI=1S/C8H11N.C4H8/c1-7(2)8-3-5-9-6-4-8;1-4-2-3-4/h3-7H,1-2H3;4H,2-3H2,1H3. The van der Waals surface area contributed by atoms with Crippen LogP contribution in [0.3, 0.4) is 0 Å². The van der Waals surface area contributed by atoms with Crippen molar-refractivity contribution in [3.05, 3.63) is 30.1 Å². The molecule has 1 aromatic heterocycles. The normalized spacial score (nSPS) is 15.1. The zero-order chi connectivity index (χ0) is 9.68. The van der Waals surface area contributed by atoms with Gasteiger partial charge in [-0.1, -0.05) is 33.6 Å². The molecule has 72 valence electrons. The SMILES string of the molecule is CC(C)c1ccncc1.CC1CC1. The minimum atomic E-state index is 0.619. The first-order valence-corrected chi connectivity index (χ1v) is 5.10. The summed E-state index contributed by atoms with van der Waals surface area (Å²) in [5.74, 6) is 1.70. The second kappa shape index (κ2) is 5.00. The molecule has 0 atom stereocenters. The average Bonchev–Trinajstić information content (AvgIpc) is 2.90. The molecule has 1 nitrogen and oxygen atoms in total. The van der Waals surface area contributed by atoms with Gasteiger partial charge in [-0.15, -0.1) is 0 Å². The van der Waals surface area contributed by atoms with Crippen LogP contribution in [-0.4, -0.2) is 4.98 Å². The van der Waals surface area contributed by atoms with Crippen LogP contribution < -0.4 is 0 Å². The van der Waals surface area contributed by atoms with Crippen molar-refractivity contribution in [3.63, 3.8) is 0 Å². The monoisotopic (exact) mass is 177 g/mol. The third-order valence-corrected chi connectivity index (χ3v) is 2.24. The third kappa shape index (κ3) is 4.66. The second-order valence-electron chi connectivity index (χ2n) is 4.12. The lowest BCUT2D eigenvalue weighted by Gasteiger charge is -2.01. The van der Waals surface area contributed by atoms with E-state index in [4.69, 9.17) is 0 Å². The Morgan fingerprint density at radius 1 is 1.23 bits per heavy atom. The van der Waals surface area contributed by atoms with Gasteiger partial charge in [-0.2, -0.15) is 0 Å². The summed E-state index contributed by atoms with van der Waals surface area (Å²) in [6.45, 7) is 6.63. The summed E-state index contributed by atoms with van der Waals surface area (Å²) in [6.07, 6.45) is 6.63. The summed E-state index contributed by atoms with van der Waals surface area (Å²) in [4.78, 5) is 3.93. The van der Waals surface area contributed by atoms with Crippen LogP contribution in [0.5, 0.6) is 0 Å². The Balaban J connectivity index is 0.000000175. The summed E-state index contributed by atoms with van der Waals surface area (Å²) in [5, 5.41) is 0. The van der Waals surface area contributed by atoms with Crippen LogP contribution in [0.15, 0.2) is 24.5 Å². The first kappa shape index (κ1) is 10.2. The summed E-state index contributed by atoms with van der Waals surface area (Å²) in [5.41, 5.74) is 1.35. The molecule has 0 N–H and O–H groups in total. The van der Waals surface area contributed by atoms with Crippen molar-refractivity contribution >= 4 is 0 Å². The molecule has 0 unspecified atom stereocenters. The number of hydrogen-bond acceptors (Lipinski definition) is 1. The third-order valence-electron chi connectivity index (χ3n) is 2.24. The molecule has 1 heterocycles. The number of nitrogens with zero attached hydrogens (tertiary/aromatic N) is 1. The molecule has 0 aliphatic heterocycles. The van der Waals surface area contributed by atoms with Crippen LogP contribution in [0.2, 0.25) is 0 Å². The van der Waals surface area contributed by atoms with Gasteiger partial charge in [0.2, 0.25) is 0 Å². The van der Waals surface area contributed by atoms with Crippen molar-refractivity contribution in [1.82, 2.24) is 4.98 Å². The van der Waals surface area contributed by atoms with E-state index in [1.807, 2.05) is 24.5 Å². The van der Waals surface area contributed by atoms with Crippen LogP contribution in [0.4, 0.5) is 0 Å². The maximum Gasteiger partial charge on any atom is 0.0270 e. The maximum absolute atomic E-state index is 3.93. The van der Waals surface area contributed by atoms with Crippen molar-refractivity contribution in [2.75, 3.05) is 0 Å². The van der Waals surface area contributed by atoms with Gasteiger partial charge in [0.25, 0.3) is 0 Å². The number of pyridine rings is 1. The van der Waals surface area contributed by atoms with Gasteiger partial charge >= 0.3 is 0 Å². The summed E-state index contributed by atoms with van der Waals surface area (Å²) in [6, 6.07) is 4.09. The Hall–Kier alpha value is -0.850. The molecular formula is C12H19N. The largest absolute Gasteiger partial charge is 0.265 e. The zero-order valence-corrected chi connectivity index (χ0v) is 8.83. The first-order valence-electron chi connectivity index (χ1n) is 5.10. The van der Waals surface area contributed by atoms with Crippen molar-refractivity contribution in [1.29, 1.82) is 0 Å². The molecule has 1 aromatic rings. The highest BCUT2D eigenvalue weighted by Crippen LogP contribution is 2.26. The minimum absolute atomic E-state index is 0.619. The molecule has 1 aliphatic rings. The van der Waals surface area contributed by atoms with Gasteiger partial charge in [0.1, 0.15) is 0 Å². The molecule has 1 saturated carbocycles. The van der Waals surface area contributed by atoms with E-state index in [9.17, 15) is 0 Å². The Morgan fingerprint density at radius 3 is 1.92 bits per heavy atom. The lowest BCUT2D eigenvalue weighted by Crippen LogP contribution is -1.85. The molecule has 0 spiro atoms. The number of aromatic nitrogens is 1. The molecule has 0 bridgehead atoms. The summed E-state index contributed by atoms with van der Waals surface area (Å²) < 4.78 is 0. The minimum Gasteiger partial charge on any atom is -0.265 e. The summed E-state index contributed by atoms with van der Waals surface area (Å²) in [7, 11) is 0. The lowest BCUT2D eigenvalue weighted by molar-refractivity contribution is 0.863. The highest BCUT2D eigenvalue weighted by atomic mass is 14.6. The lowest BCUT2D eigenvalue weighted by atomic mass is 10.1. The fraction of sp³-hybridized carbons (Fsp3) is 0.583. The molecule has 1 heteroatoms. The molecule has 1 fully saturated rings. The van der Waals surface area contributed by atoms with E-state index in [0.717, 1.165) is 5.92 Å². The van der Waals surface area contributed by atoms with Gasteiger partial charge in [0, 0.05) is 12.4 Å². The second-order valence-corrected chi connectivity index (χ2v) is 4.12. The quantitative estimate of drug-likeness (QED) is 0.638. The predicted octanol–water partition coefficient (Wildman–Crippen LogP) is 3.62. The van der Waals surface area contributed by atoms with Crippen molar-refractivity contribution in [3.8, 4) is 0 Å². The Kier molecular flexibility index (Phi) is 3.94. The van der Waals surface area contributed by atoms with Gasteiger partial charge in [0.15, 0.2) is 0 Å². The zero-order valence-electron chi connectivity index (χ0n) is 8.83. The van der Waals surface area contributed by atoms with E-state index in [1.54, 1.807) is 0 Å². The number of rotatable bonds is 1. The van der Waals surface area contributed by atoms with Crippen molar-refractivity contribution in [2.24, 2.45) is 5.92 Å². The smallest absolute Gasteiger partial charge is 0.0270 e. The van der Waals surface area contributed by atoms with Crippen LogP contribution in [-0.2, 0) is 0 Å². The highest BCUT2D eigenvalue weighted by Gasteiger charge is 2.12. The maximum atomic E-state index is 3.93. The van der Waals surface area contributed by atoms with Gasteiger partial charge in [-0.25, -0.2) is 0 Å². The van der Waals surface area contributed by atoms with E-state index in [1.165, 1.54) is 18.4 Å². The van der Waals surface area contributed by atoms with Crippen molar-refractivity contribution in [2.45, 2.75) is 39.5 Å². The molecule has 0 saturated heterocycles. The van der Waals surface area contributed by atoms with Crippen molar-refractivity contribution < 1.29 is 0 Å². The van der Waals surface area contributed by atoms with E-state index < -0.39 is 0 Å². The van der Waals surface area contributed by atoms with Crippen LogP contribution in [0.1, 0.15) is 45.1 Å². The molecule has 0 radical (unpaired) electrons. The van der Waals surface area contributed by atoms with Gasteiger partial charge in [-0.3, -0.25) is 4.98 Å². The topological polar surface area (TPSA) is 12.9 Å². The van der Waals surface area contributed by atoms with Crippen LogP contribution in [0.25, 0.3) is 0 Å². The Labute approximate surface area is 81.2 Å². The first-order chi connectivity index (χ1) is 6.20. The Bertz CT molecular complexity index is 224. The van der Waals surface area contributed by atoms with Crippen LogP contribution >= 0.6 is 0 Å². The highest BCUT2D eigenvalue weighted by molar-refractivity contribution is 5.13. The fourth-order valence-corrected chi connectivity index (χ4v) is 0.915. The Morgan fingerprint density at radius 2 is 1.69 bits per heavy atom. The van der Waals surface area contributed by atoms with E-state index in [2.05, 4.69) is 25.8 Å². The molecule has 0 amide bonds. The predicted molar refractivity (Wildman–Crippen MR) is 56.7 cm³/mol. The van der Waals surface area contributed by atoms with E-state index in [-0.39, 0.29) is 0 Å². The summed E-state index contributed by atoms with van der Waals surface area (Å²) >= 11 is 0. The fourth-order valence-electron chi connectivity index (χ4n) is 0.915. The van der Waals surface area contributed by atoms with Gasteiger partial charge < -0.3 is 0 Å². The van der Waals surface area contributed by atoms with Gasteiger partial charge in [-0.05, 0) is 29.5 Å². The van der Waals surface area contributed by atoms with Crippen LogP contribution in [0, 0.1) is 5.92 Å².